The van der Waals surface area contributed by atoms with Gasteiger partial charge in [0.25, 0.3) is 0 Å². The third-order valence-electron chi connectivity index (χ3n) is 1.93. The zero-order valence-electron chi connectivity index (χ0n) is 13.9. The fourth-order valence-electron chi connectivity index (χ4n) is 0.425. The second kappa shape index (κ2) is 11.1. The molecule has 0 aromatic heterocycles. The van der Waals surface area contributed by atoms with Crippen molar-refractivity contribution in [3.05, 3.63) is 0 Å². The van der Waals surface area contributed by atoms with Gasteiger partial charge in [-0.1, -0.05) is 0 Å². The zero-order valence-corrected chi connectivity index (χ0v) is 18.1. The van der Waals surface area contributed by atoms with Crippen molar-refractivity contribution in [1.82, 2.24) is 0 Å². The predicted octanol–water partition coefficient (Wildman–Crippen LogP) is 2.06. The number of hydrogen-bond donors (Lipinski definition) is 0. The second-order valence-electron chi connectivity index (χ2n) is 4.41. The summed E-state index contributed by atoms with van der Waals surface area (Å²) in [7, 11) is -20.0. The Hall–Kier alpha value is -0.697. The van der Waals surface area contributed by atoms with Crippen molar-refractivity contribution in [1.29, 1.82) is 0 Å². The Bertz CT molecular complexity index is 846. The maximum atomic E-state index is 11.4. The van der Waals surface area contributed by atoms with E-state index in [1.807, 2.05) is 0 Å². The second-order valence-corrected chi connectivity index (χ2v) is 8.67. The van der Waals surface area contributed by atoms with Crippen molar-refractivity contribution in [2.45, 2.75) is 34.3 Å². The minimum absolute atomic E-state index is 0. The molecule has 9 nitrogen and oxygen atoms in total. The van der Waals surface area contributed by atoms with E-state index in [0.717, 1.165) is 0 Å². The summed E-state index contributed by atoms with van der Waals surface area (Å²) in [4.78, 5) is 0. The Morgan fingerprint density at radius 1 is 0.353 bits per heavy atom. The van der Waals surface area contributed by atoms with Crippen LogP contribution in [-0.4, -0.2) is 73.2 Å². The average molecular weight is 698 g/mol. The largest absolute Gasteiger partial charge is 3.00 e. The van der Waals surface area contributed by atoms with Gasteiger partial charge >= 0.3 is 53.8 Å². The van der Waals surface area contributed by atoms with Gasteiger partial charge in [0.15, 0.2) is 30.4 Å². The first-order valence-electron chi connectivity index (χ1n) is 5.70. The molecule has 0 heterocycles. The fourth-order valence-corrected chi connectivity index (χ4v) is 1.28. The summed E-state index contributed by atoms with van der Waals surface area (Å²) in [5.41, 5.74) is 0. The van der Waals surface area contributed by atoms with Crippen molar-refractivity contribution in [2.75, 3.05) is 0 Å². The van der Waals surface area contributed by atoms with Crippen LogP contribution < -0.4 is 0 Å². The van der Waals surface area contributed by atoms with Gasteiger partial charge in [-0.05, 0) is 0 Å². The van der Waals surface area contributed by atoms with Crippen LogP contribution in [0.5, 0.6) is 0 Å². The van der Waals surface area contributed by atoms with Crippen LogP contribution in [0, 0.1) is 0 Å². The molecular formula is C6F15O9RuS3. The predicted molar refractivity (Wildman–Crippen MR) is 62.1 cm³/mol. The molecule has 0 fully saturated rings. The molecule has 209 valence electrons. The molecule has 0 atom stereocenters. The summed E-state index contributed by atoms with van der Waals surface area (Å²) in [5, 5.41) is -18.6. The molecule has 0 amide bonds. The molecule has 28 heteroatoms. The van der Waals surface area contributed by atoms with Gasteiger partial charge in [-0.2, -0.15) is 65.9 Å². The van der Waals surface area contributed by atoms with Crippen LogP contribution in [0.1, 0.15) is 0 Å². The van der Waals surface area contributed by atoms with E-state index in [2.05, 4.69) is 0 Å². The molecule has 0 saturated heterocycles. The first-order chi connectivity index (χ1) is 13.5. The minimum atomic E-state index is -6.67. The van der Waals surface area contributed by atoms with E-state index in [1.165, 1.54) is 0 Å². The van der Waals surface area contributed by atoms with Crippen LogP contribution in [0.3, 0.4) is 0 Å². The fraction of sp³-hybridized carbons (Fsp3) is 1.00. The van der Waals surface area contributed by atoms with E-state index < -0.39 is 64.6 Å². The molecule has 0 aliphatic heterocycles. The summed E-state index contributed by atoms with van der Waals surface area (Å²) in [5.74, 6) is 0. The number of hydrogen-bond acceptors (Lipinski definition) is 9. The molecule has 0 aromatic rings. The maximum Gasteiger partial charge on any atom is 3.00 e. The topological polar surface area (TPSA) is 172 Å². The van der Waals surface area contributed by atoms with Crippen molar-refractivity contribution in [2.24, 2.45) is 0 Å². The molecule has 0 aliphatic carbocycles. The summed E-state index contributed by atoms with van der Waals surface area (Å²) in [6.45, 7) is 0. The van der Waals surface area contributed by atoms with Crippen LogP contribution in [-0.2, 0) is 49.8 Å². The molecule has 34 heavy (non-hydrogen) atoms. The van der Waals surface area contributed by atoms with Crippen molar-refractivity contribution in [3.8, 4) is 0 Å². The van der Waals surface area contributed by atoms with Gasteiger partial charge in [0.05, 0.1) is 0 Å². The standard InChI is InChI=1S/3C2HF5O3S.Ru/c3*3-1(4,5)2(6,7)11(8,9)10;/h3*(H,8,9,10);/q;;;+3/p-3. The molecule has 0 N–H and O–H groups in total. The van der Waals surface area contributed by atoms with Crippen LogP contribution in [0.15, 0.2) is 0 Å². The minimum Gasteiger partial charge on any atom is -0.743 e. The van der Waals surface area contributed by atoms with E-state index in [0.29, 0.717) is 0 Å². The molecule has 0 unspecified atom stereocenters. The van der Waals surface area contributed by atoms with E-state index in [4.69, 9.17) is 0 Å². The zero-order chi connectivity index (χ0) is 28.5. The summed E-state index contributed by atoms with van der Waals surface area (Å²) >= 11 is 0. The van der Waals surface area contributed by atoms with E-state index in [-0.39, 0.29) is 19.5 Å². The molecule has 0 aromatic carbocycles. The van der Waals surface area contributed by atoms with Gasteiger partial charge in [0.1, 0.15) is 0 Å². The smallest absolute Gasteiger partial charge is 0.743 e. The van der Waals surface area contributed by atoms with Crippen LogP contribution in [0.4, 0.5) is 65.9 Å². The van der Waals surface area contributed by atoms with E-state index in [1.54, 1.807) is 0 Å². The van der Waals surface area contributed by atoms with Gasteiger partial charge < -0.3 is 13.7 Å². The van der Waals surface area contributed by atoms with Gasteiger partial charge in [0, 0.05) is 0 Å². The van der Waals surface area contributed by atoms with E-state index >= 15 is 0 Å². The molecular weight excluding hydrogens is 698 g/mol. The van der Waals surface area contributed by atoms with E-state index in [9.17, 15) is 105 Å². The maximum absolute atomic E-state index is 11.4. The van der Waals surface area contributed by atoms with Crippen LogP contribution in [0.25, 0.3) is 0 Å². The number of halogens is 15. The molecule has 0 spiro atoms. The summed E-state index contributed by atoms with van der Waals surface area (Å²) in [6, 6.07) is 0. The molecule has 0 bridgehead atoms. The molecule has 0 aliphatic rings. The third-order valence-corrected chi connectivity index (χ3v) is 4.51. The molecule has 0 rings (SSSR count). The Labute approximate surface area is 189 Å². The number of rotatable bonds is 3. The van der Waals surface area contributed by atoms with Gasteiger partial charge in [0.2, 0.25) is 0 Å². The Morgan fingerprint density at radius 2 is 0.441 bits per heavy atom. The third kappa shape index (κ3) is 10.1. The van der Waals surface area contributed by atoms with Gasteiger partial charge in [-0.25, -0.2) is 25.3 Å². The summed E-state index contributed by atoms with van der Waals surface area (Å²) < 4.78 is 251. The average Bonchev–Trinajstić information content (AvgIpc) is 2.41. The molecule has 0 saturated carbocycles. The Kier molecular flexibility index (Phi) is 13.3. The van der Waals surface area contributed by atoms with Crippen molar-refractivity contribution < 1.29 is 124 Å². The number of alkyl halides is 15. The van der Waals surface area contributed by atoms with Gasteiger partial charge in [-0.15, -0.1) is 0 Å². The molecule has 1 radical (unpaired) electrons. The monoisotopic (exact) mass is 699 g/mol. The quantitative estimate of drug-likeness (QED) is 0.243. The van der Waals surface area contributed by atoms with Crippen molar-refractivity contribution in [3.63, 3.8) is 0 Å². The SMILES string of the molecule is O=S(=O)([O-])C(F)(F)C(F)(F)F.O=S(=O)([O-])C(F)(F)C(F)(F)F.O=S(=O)([O-])C(F)(F)C(F)(F)F.[Ru+3]. The first-order valence-corrected chi connectivity index (χ1v) is 9.92. The normalized spacial score (nSPS) is 14.6. The summed E-state index contributed by atoms with van der Waals surface area (Å²) in [6.07, 6.45) is -19.1. The Morgan fingerprint density at radius 3 is 0.441 bits per heavy atom. The van der Waals surface area contributed by atoms with Crippen molar-refractivity contribution >= 4 is 30.4 Å². The first kappa shape index (κ1) is 40.5. The van der Waals surface area contributed by atoms with Crippen LogP contribution >= 0.6 is 0 Å². The van der Waals surface area contributed by atoms with Crippen LogP contribution in [0.2, 0.25) is 0 Å². The Balaban J connectivity index is -0.000000196. The van der Waals surface area contributed by atoms with Gasteiger partial charge in [-0.3, -0.25) is 0 Å².